The minimum atomic E-state index is 0. The number of nitrogens with one attached hydrogen (secondary N) is 1. The SMILES string of the molecule is Cc1nc(C)c(C(C)N(C)CCC(=O)N2CCNCC2)s1.Cl.Cl. The number of hydrogen-bond acceptors (Lipinski definition) is 5. The number of nitrogens with zero attached hydrogens (tertiary/aromatic N) is 3. The van der Waals surface area contributed by atoms with E-state index in [0.717, 1.165) is 43.4 Å². The number of rotatable bonds is 5. The van der Waals surface area contributed by atoms with Gasteiger partial charge < -0.3 is 10.2 Å². The fraction of sp³-hybridized carbons (Fsp3) is 0.733. The van der Waals surface area contributed by atoms with Gasteiger partial charge in [0, 0.05) is 50.1 Å². The maximum Gasteiger partial charge on any atom is 0.223 e. The molecule has 2 heterocycles. The van der Waals surface area contributed by atoms with E-state index < -0.39 is 0 Å². The third-order valence-electron chi connectivity index (χ3n) is 4.13. The molecule has 1 unspecified atom stereocenters. The Morgan fingerprint density at radius 2 is 1.96 bits per heavy atom. The molecule has 8 heteroatoms. The lowest BCUT2D eigenvalue weighted by Gasteiger charge is -2.29. The topological polar surface area (TPSA) is 48.5 Å². The molecule has 0 aliphatic carbocycles. The largest absolute Gasteiger partial charge is 0.340 e. The Labute approximate surface area is 155 Å². The number of hydrogen-bond donors (Lipinski definition) is 1. The molecule has 1 aliphatic rings. The molecule has 1 aromatic heterocycles. The monoisotopic (exact) mass is 382 g/mol. The van der Waals surface area contributed by atoms with Gasteiger partial charge in [0.1, 0.15) is 0 Å². The highest BCUT2D eigenvalue weighted by Crippen LogP contribution is 2.28. The highest BCUT2D eigenvalue weighted by atomic mass is 35.5. The summed E-state index contributed by atoms with van der Waals surface area (Å²) in [5.41, 5.74) is 1.12. The number of thiazole rings is 1. The van der Waals surface area contributed by atoms with Gasteiger partial charge in [-0.2, -0.15) is 0 Å². The summed E-state index contributed by atoms with van der Waals surface area (Å²) in [4.78, 5) is 22.2. The molecule has 5 nitrogen and oxygen atoms in total. The second-order valence-electron chi connectivity index (χ2n) is 5.72. The van der Waals surface area contributed by atoms with Gasteiger partial charge in [-0.1, -0.05) is 0 Å². The maximum atomic E-state index is 12.2. The van der Waals surface area contributed by atoms with E-state index in [2.05, 4.69) is 36.1 Å². The van der Waals surface area contributed by atoms with Crippen LogP contribution in [0.3, 0.4) is 0 Å². The second-order valence-corrected chi connectivity index (χ2v) is 6.95. The number of amides is 1. The van der Waals surface area contributed by atoms with Crippen LogP contribution < -0.4 is 5.32 Å². The van der Waals surface area contributed by atoms with Gasteiger partial charge in [0.05, 0.1) is 10.7 Å². The summed E-state index contributed by atoms with van der Waals surface area (Å²) in [6, 6.07) is 0.312. The predicted molar refractivity (Wildman–Crippen MR) is 101 cm³/mol. The maximum absolute atomic E-state index is 12.2. The van der Waals surface area contributed by atoms with Crippen LogP contribution in [-0.2, 0) is 4.79 Å². The van der Waals surface area contributed by atoms with Crippen LogP contribution in [0.25, 0.3) is 0 Å². The van der Waals surface area contributed by atoms with Gasteiger partial charge in [-0.05, 0) is 27.8 Å². The quantitative estimate of drug-likeness (QED) is 0.849. The molecular weight excluding hydrogens is 355 g/mol. The number of piperazine rings is 1. The van der Waals surface area contributed by atoms with Gasteiger partial charge in [-0.25, -0.2) is 4.98 Å². The molecule has 1 saturated heterocycles. The van der Waals surface area contributed by atoms with Gasteiger partial charge in [-0.15, -0.1) is 36.2 Å². The molecule has 134 valence electrons. The molecule has 1 amide bonds. The van der Waals surface area contributed by atoms with Gasteiger partial charge >= 0.3 is 0 Å². The average molecular weight is 383 g/mol. The molecule has 2 rings (SSSR count). The van der Waals surface area contributed by atoms with Gasteiger partial charge in [0.2, 0.25) is 5.91 Å². The van der Waals surface area contributed by atoms with E-state index in [-0.39, 0.29) is 30.7 Å². The smallest absolute Gasteiger partial charge is 0.223 e. The summed E-state index contributed by atoms with van der Waals surface area (Å²) >= 11 is 1.76. The summed E-state index contributed by atoms with van der Waals surface area (Å²) in [7, 11) is 2.09. The minimum Gasteiger partial charge on any atom is -0.340 e. The first-order valence-electron chi connectivity index (χ1n) is 7.61. The van der Waals surface area contributed by atoms with E-state index in [1.807, 2.05) is 11.8 Å². The number of halogens is 2. The first kappa shape index (κ1) is 22.6. The Morgan fingerprint density at radius 3 is 2.48 bits per heavy atom. The van der Waals surface area contributed by atoms with Crippen molar-refractivity contribution in [1.82, 2.24) is 20.1 Å². The Kier molecular flexibility index (Phi) is 10.3. The van der Waals surface area contributed by atoms with Crippen molar-refractivity contribution in [2.45, 2.75) is 33.2 Å². The number of aryl methyl sites for hydroxylation is 2. The third-order valence-corrected chi connectivity index (χ3v) is 5.37. The summed E-state index contributed by atoms with van der Waals surface area (Å²) in [6.45, 7) is 10.6. The molecule has 1 aliphatic heterocycles. The van der Waals surface area contributed by atoms with Crippen molar-refractivity contribution in [3.8, 4) is 0 Å². The zero-order valence-electron chi connectivity index (χ0n) is 14.3. The summed E-state index contributed by atoms with van der Waals surface area (Å²) < 4.78 is 0. The lowest BCUT2D eigenvalue weighted by atomic mass is 10.2. The van der Waals surface area contributed by atoms with E-state index in [9.17, 15) is 4.79 Å². The van der Waals surface area contributed by atoms with Crippen molar-refractivity contribution < 1.29 is 4.79 Å². The summed E-state index contributed by atoms with van der Waals surface area (Å²) in [5.74, 6) is 0.271. The van der Waals surface area contributed by atoms with Crippen LogP contribution in [0.15, 0.2) is 0 Å². The number of aromatic nitrogens is 1. The zero-order valence-corrected chi connectivity index (χ0v) is 16.7. The van der Waals surface area contributed by atoms with Crippen LogP contribution in [0.5, 0.6) is 0 Å². The summed E-state index contributed by atoms with van der Waals surface area (Å²) in [6.07, 6.45) is 0.595. The van der Waals surface area contributed by atoms with Crippen molar-refractivity contribution >= 4 is 42.1 Å². The van der Waals surface area contributed by atoms with Crippen molar-refractivity contribution in [3.63, 3.8) is 0 Å². The molecular formula is C15H28Cl2N4OS. The lowest BCUT2D eigenvalue weighted by molar-refractivity contribution is -0.132. The van der Waals surface area contributed by atoms with Gasteiger partial charge in [0.15, 0.2) is 0 Å². The highest BCUT2D eigenvalue weighted by molar-refractivity contribution is 7.11. The molecule has 1 N–H and O–H groups in total. The number of carbonyl (C=O) groups excluding carboxylic acids is 1. The molecule has 0 radical (unpaired) electrons. The zero-order chi connectivity index (χ0) is 15.4. The van der Waals surface area contributed by atoms with E-state index in [4.69, 9.17) is 0 Å². The summed E-state index contributed by atoms with van der Waals surface area (Å²) in [5, 5.41) is 4.38. The Hall–Kier alpha value is -0.400. The first-order chi connectivity index (χ1) is 9.99. The standard InChI is InChI=1S/C15H26N4OS.2ClH/c1-11-15(21-13(3)17-11)12(2)18(4)8-5-14(20)19-9-6-16-7-10-19;;/h12,16H,5-10H2,1-4H3;2*1H. The van der Waals surface area contributed by atoms with Crippen LogP contribution in [0, 0.1) is 13.8 Å². The van der Waals surface area contributed by atoms with Crippen LogP contribution >= 0.6 is 36.2 Å². The van der Waals surface area contributed by atoms with Gasteiger partial charge in [-0.3, -0.25) is 9.69 Å². The van der Waals surface area contributed by atoms with E-state index in [1.165, 1.54) is 4.88 Å². The van der Waals surface area contributed by atoms with Crippen LogP contribution in [0.4, 0.5) is 0 Å². The molecule has 1 fully saturated rings. The minimum absolute atomic E-state index is 0. The van der Waals surface area contributed by atoms with Crippen LogP contribution in [0.1, 0.15) is 35.0 Å². The fourth-order valence-electron chi connectivity index (χ4n) is 2.67. The molecule has 23 heavy (non-hydrogen) atoms. The van der Waals surface area contributed by atoms with Gasteiger partial charge in [0.25, 0.3) is 0 Å². The predicted octanol–water partition coefficient (Wildman–Crippen LogP) is 2.42. The Morgan fingerprint density at radius 1 is 1.35 bits per heavy atom. The Balaban J connectivity index is 0.00000242. The first-order valence-corrected chi connectivity index (χ1v) is 8.43. The molecule has 0 spiro atoms. The van der Waals surface area contributed by atoms with Crippen LogP contribution in [-0.4, -0.2) is 60.5 Å². The van der Waals surface area contributed by atoms with E-state index >= 15 is 0 Å². The number of carbonyl (C=O) groups is 1. The third kappa shape index (κ3) is 6.19. The molecule has 0 saturated carbocycles. The van der Waals surface area contributed by atoms with Crippen LogP contribution in [0.2, 0.25) is 0 Å². The highest BCUT2D eigenvalue weighted by Gasteiger charge is 2.20. The van der Waals surface area contributed by atoms with Crippen molar-refractivity contribution in [1.29, 1.82) is 0 Å². The molecule has 0 bridgehead atoms. The normalized spacial score (nSPS) is 15.8. The lowest BCUT2D eigenvalue weighted by Crippen LogP contribution is -2.47. The van der Waals surface area contributed by atoms with E-state index in [1.54, 1.807) is 11.3 Å². The van der Waals surface area contributed by atoms with Crippen molar-refractivity contribution in [2.75, 3.05) is 39.8 Å². The molecule has 1 aromatic rings. The molecule has 1 atom stereocenters. The van der Waals surface area contributed by atoms with Crippen molar-refractivity contribution in [2.24, 2.45) is 0 Å². The second kappa shape index (κ2) is 10.5. The fourth-order valence-corrected chi connectivity index (χ4v) is 3.72. The van der Waals surface area contributed by atoms with Crippen molar-refractivity contribution in [3.05, 3.63) is 15.6 Å². The Bertz CT molecular complexity index is 492. The molecule has 0 aromatic carbocycles. The average Bonchev–Trinajstić information content (AvgIpc) is 2.83. The van der Waals surface area contributed by atoms with E-state index in [0.29, 0.717) is 12.5 Å².